The highest BCUT2D eigenvalue weighted by Gasteiger charge is 2.24. The molecule has 0 spiro atoms. The number of ether oxygens (including phenoxy) is 1. The van der Waals surface area contributed by atoms with E-state index in [0.29, 0.717) is 18.3 Å². The Labute approximate surface area is 180 Å². The number of thiazole rings is 1. The molecule has 6 heteroatoms. The van der Waals surface area contributed by atoms with Crippen molar-refractivity contribution in [2.75, 3.05) is 12.4 Å². The molecule has 4 rings (SSSR count). The molecule has 3 aromatic rings. The van der Waals surface area contributed by atoms with Gasteiger partial charge in [-0.2, -0.15) is 0 Å². The summed E-state index contributed by atoms with van der Waals surface area (Å²) < 4.78 is 5.27. The van der Waals surface area contributed by atoms with Crippen LogP contribution in [0.1, 0.15) is 43.6 Å². The van der Waals surface area contributed by atoms with Crippen LogP contribution in [0, 0.1) is 5.92 Å². The predicted octanol–water partition coefficient (Wildman–Crippen LogP) is 6.31. The fourth-order valence-electron chi connectivity index (χ4n) is 4.16. The molecule has 0 saturated heterocycles. The third kappa shape index (κ3) is 5.00. The molecule has 2 aromatic carbocycles. The van der Waals surface area contributed by atoms with E-state index in [-0.39, 0.29) is 0 Å². The normalized spacial score (nSPS) is 18.7. The van der Waals surface area contributed by atoms with Crippen LogP contribution in [-0.2, 0) is 4.79 Å². The van der Waals surface area contributed by atoms with E-state index in [0.717, 1.165) is 53.5 Å². The van der Waals surface area contributed by atoms with Gasteiger partial charge in [0, 0.05) is 29.1 Å². The third-order valence-electron chi connectivity index (χ3n) is 5.81. The van der Waals surface area contributed by atoms with E-state index in [4.69, 9.17) is 14.8 Å². The van der Waals surface area contributed by atoms with E-state index < -0.39 is 5.97 Å². The predicted molar refractivity (Wildman–Crippen MR) is 121 cm³/mol. The number of nitrogens with one attached hydrogen (secondary N) is 1. The zero-order valence-corrected chi connectivity index (χ0v) is 17.8. The van der Waals surface area contributed by atoms with Crippen LogP contribution in [0.25, 0.3) is 11.3 Å². The highest BCUT2D eigenvalue weighted by Crippen LogP contribution is 2.38. The van der Waals surface area contributed by atoms with Crippen molar-refractivity contribution in [3.05, 3.63) is 59.5 Å². The molecule has 0 radical (unpaired) electrons. The van der Waals surface area contributed by atoms with Crippen LogP contribution >= 0.6 is 11.3 Å². The number of aromatic nitrogens is 1. The van der Waals surface area contributed by atoms with E-state index in [9.17, 15) is 4.79 Å². The first kappa shape index (κ1) is 20.4. The van der Waals surface area contributed by atoms with E-state index in [1.807, 2.05) is 24.3 Å². The average molecular weight is 423 g/mol. The van der Waals surface area contributed by atoms with Crippen LogP contribution in [0.4, 0.5) is 10.8 Å². The molecule has 1 aromatic heterocycles. The minimum absolute atomic E-state index is 0.307. The lowest BCUT2D eigenvalue weighted by Gasteiger charge is -2.28. The van der Waals surface area contributed by atoms with Crippen molar-refractivity contribution < 1.29 is 14.6 Å². The summed E-state index contributed by atoms with van der Waals surface area (Å²) in [6.45, 7) is 0. The second kappa shape index (κ2) is 9.30. The maximum absolute atomic E-state index is 10.9. The lowest BCUT2D eigenvalue weighted by atomic mass is 9.77. The van der Waals surface area contributed by atoms with Gasteiger partial charge in [0.15, 0.2) is 5.13 Å². The smallest absolute Gasteiger partial charge is 0.303 e. The van der Waals surface area contributed by atoms with Gasteiger partial charge in [0.2, 0.25) is 0 Å². The van der Waals surface area contributed by atoms with E-state index >= 15 is 0 Å². The Kier molecular flexibility index (Phi) is 6.33. The van der Waals surface area contributed by atoms with Crippen molar-refractivity contribution in [1.29, 1.82) is 0 Å². The zero-order valence-electron chi connectivity index (χ0n) is 17.0. The molecule has 0 amide bonds. The second-order valence-electron chi connectivity index (χ2n) is 7.83. The zero-order chi connectivity index (χ0) is 20.9. The number of aliphatic carboxylic acids is 1. The van der Waals surface area contributed by atoms with Gasteiger partial charge in [-0.05, 0) is 55.2 Å². The summed E-state index contributed by atoms with van der Waals surface area (Å²) in [6, 6.07) is 16.5. The summed E-state index contributed by atoms with van der Waals surface area (Å²) in [6.07, 6.45) is 4.46. The summed E-state index contributed by atoms with van der Waals surface area (Å²) in [5.41, 5.74) is 4.36. The standard InChI is InChI=1S/C24H26N2O3S/c1-29-21-4-2-3-20(14-21)25-24-26-22(15-30-24)19-11-9-18(10-12-19)17-7-5-16(6-8-17)13-23(27)28/h2-4,9-12,14-17H,5-8,13H2,1H3,(H,25,26)(H,27,28). The summed E-state index contributed by atoms with van der Waals surface area (Å²) >= 11 is 1.58. The summed E-state index contributed by atoms with van der Waals surface area (Å²) in [4.78, 5) is 15.6. The lowest BCUT2D eigenvalue weighted by Crippen LogP contribution is -2.16. The highest BCUT2D eigenvalue weighted by molar-refractivity contribution is 7.14. The quantitative estimate of drug-likeness (QED) is 0.467. The van der Waals surface area contributed by atoms with Crippen LogP contribution in [0.5, 0.6) is 5.75 Å². The molecule has 0 aliphatic heterocycles. The number of anilines is 2. The average Bonchev–Trinajstić information content (AvgIpc) is 3.22. The molecule has 1 heterocycles. The maximum Gasteiger partial charge on any atom is 0.303 e. The van der Waals surface area contributed by atoms with Gasteiger partial charge in [0.1, 0.15) is 5.75 Å². The number of rotatable bonds is 7. The number of carboxylic acid groups (broad SMARTS) is 1. The Morgan fingerprint density at radius 1 is 1.17 bits per heavy atom. The molecule has 1 fully saturated rings. The third-order valence-corrected chi connectivity index (χ3v) is 6.57. The first-order valence-electron chi connectivity index (χ1n) is 10.3. The Morgan fingerprint density at radius 3 is 2.63 bits per heavy atom. The summed E-state index contributed by atoms with van der Waals surface area (Å²) in [7, 11) is 1.66. The molecule has 30 heavy (non-hydrogen) atoms. The molecule has 0 unspecified atom stereocenters. The molecule has 1 aliphatic rings. The molecular weight excluding hydrogens is 396 g/mol. The van der Waals surface area contributed by atoms with Gasteiger partial charge in [-0.1, -0.05) is 30.3 Å². The first-order chi connectivity index (χ1) is 14.6. The van der Waals surface area contributed by atoms with Gasteiger partial charge >= 0.3 is 5.97 Å². The monoisotopic (exact) mass is 422 g/mol. The van der Waals surface area contributed by atoms with Crippen molar-refractivity contribution in [1.82, 2.24) is 4.98 Å². The minimum atomic E-state index is -0.675. The molecule has 1 saturated carbocycles. The molecule has 2 N–H and O–H groups in total. The van der Waals surface area contributed by atoms with Gasteiger partial charge in [0.25, 0.3) is 0 Å². The fourth-order valence-corrected chi connectivity index (χ4v) is 4.90. The van der Waals surface area contributed by atoms with Gasteiger partial charge in [0.05, 0.1) is 12.8 Å². The van der Waals surface area contributed by atoms with Crippen LogP contribution in [0.2, 0.25) is 0 Å². The Hall–Kier alpha value is -2.86. The van der Waals surface area contributed by atoms with Crippen LogP contribution < -0.4 is 10.1 Å². The molecule has 0 bridgehead atoms. The molecule has 5 nitrogen and oxygen atoms in total. The van der Waals surface area contributed by atoms with Gasteiger partial charge in [-0.15, -0.1) is 11.3 Å². The number of carboxylic acids is 1. The summed E-state index contributed by atoms with van der Waals surface area (Å²) in [5.74, 6) is 1.00. The molecular formula is C24H26N2O3S. The van der Waals surface area contributed by atoms with Crippen molar-refractivity contribution in [2.45, 2.75) is 38.0 Å². The second-order valence-corrected chi connectivity index (χ2v) is 8.69. The van der Waals surface area contributed by atoms with Crippen molar-refractivity contribution in [3.8, 4) is 17.0 Å². The number of benzene rings is 2. The largest absolute Gasteiger partial charge is 0.497 e. The number of carbonyl (C=O) groups is 1. The topological polar surface area (TPSA) is 71.5 Å². The van der Waals surface area contributed by atoms with Gasteiger partial charge in [-0.3, -0.25) is 4.79 Å². The van der Waals surface area contributed by atoms with Crippen LogP contribution in [0.15, 0.2) is 53.9 Å². The first-order valence-corrected chi connectivity index (χ1v) is 11.2. The Morgan fingerprint density at radius 2 is 1.93 bits per heavy atom. The van der Waals surface area contributed by atoms with Crippen LogP contribution in [0.3, 0.4) is 0 Å². The fraction of sp³-hybridized carbons (Fsp3) is 0.333. The summed E-state index contributed by atoms with van der Waals surface area (Å²) in [5, 5.41) is 15.2. The van der Waals surface area contributed by atoms with Crippen molar-refractivity contribution in [2.24, 2.45) is 5.92 Å². The highest BCUT2D eigenvalue weighted by atomic mass is 32.1. The van der Waals surface area contributed by atoms with E-state index in [1.54, 1.807) is 18.4 Å². The SMILES string of the molecule is COc1cccc(Nc2nc(-c3ccc(C4CCC(CC(=O)O)CC4)cc3)cs2)c1. The van der Waals surface area contributed by atoms with Gasteiger partial charge in [-0.25, -0.2) is 4.98 Å². The maximum atomic E-state index is 10.9. The Bertz CT molecular complexity index is 992. The Balaban J connectivity index is 1.38. The van der Waals surface area contributed by atoms with Gasteiger partial charge < -0.3 is 15.2 Å². The number of hydrogen-bond donors (Lipinski definition) is 2. The van der Waals surface area contributed by atoms with Crippen LogP contribution in [-0.4, -0.2) is 23.2 Å². The number of nitrogens with zero attached hydrogens (tertiary/aromatic N) is 1. The molecule has 0 atom stereocenters. The lowest BCUT2D eigenvalue weighted by molar-refractivity contribution is -0.138. The van der Waals surface area contributed by atoms with E-state index in [2.05, 4.69) is 35.0 Å². The molecule has 1 aliphatic carbocycles. The minimum Gasteiger partial charge on any atom is -0.497 e. The van der Waals surface area contributed by atoms with Crippen molar-refractivity contribution in [3.63, 3.8) is 0 Å². The number of methoxy groups -OCH3 is 1. The van der Waals surface area contributed by atoms with E-state index in [1.165, 1.54) is 5.56 Å². The van der Waals surface area contributed by atoms with Crippen molar-refractivity contribution >= 4 is 28.1 Å². The number of hydrogen-bond acceptors (Lipinski definition) is 5. The molecule has 156 valence electrons.